The van der Waals surface area contributed by atoms with Crippen molar-refractivity contribution in [2.75, 3.05) is 39.4 Å². The van der Waals surface area contributed by atoms with Gasteiger partial charge < -0.3 is 15.8 Å². The van der Waals surface area contributed by atoms with Crippen LogP contribution < -0.4 is 11.1 Å². The van der Waals surface area contributed by atoms with Gasteiger partial charge in [-0.2, -0.15) is 0 Å². The number of morpholine rings is 1. The number of fused-ring (bicyclic) bond motifs is 1. The minimum atomic E-state index is -0.437. The molecule has 1 saturated carbocycles. The lowest BCUT2D eigenvalue weighted by molar-refractivity contribution is -0.128. The second kappa shape index (κ2) is 9.45. The van der Waals surface area contributed by atoms with E-state index in [1.165, 1.54) is 24.8 Å². The van der Waals surface area contributed by atoms with Gasteiger partial charge in [-0.25, -0.2) is 0 Å². The third kappa shape index (κ3) is 4.68. The summed E-state index contributed by atoms with van der Waals surface area (Å²) in [7, 11) is 0. The van der Waals surface area contributed by atoms with Crippen LogP contribution in [-0.2, 0) is 27.3 Å². The molecule has 7 nitrogen and oxygen atoms in total. The molecule has 1 aliphatic carbocycles. The van der Waals surface area contributed by atoms with Crippen LogP contribution in [0.5, 0.6) is 0 Å². The molecule has 1 aromatic carbocycles. The van der Waals surface area contributed by atoms with E-state index in [0.29, 0.717) is 19.5 Å². The lowest BCUT2D eigenvalue weighted by Crippen LogP contribution is -2.60. The first-order chi connectivity index (χ1) is 14.6. The monoisotopic (exact) mass is 414 g/mol. The molecule has 0 aromatic heterocycles. The third-order valence-electron chi connectivity index (χ3n) is 7.10. The molecule has 2 aliphatic heterocycles. The van der Waals surface area contributed by atoms with E-state index < -0.39 is 6.04 Å². The number of amides is 2. The molecule has 2 amide bonds. The fraction of sp³-hybridized carbons (Fsp3) is 0.652. The van der Waals surface area contributed by atoms with Gasteiger partial charge in [0.1, 0.15) is 0 Å². The van der Waals surface area contributed by atoms with Crippen molar-refractivity contribution in [1.82, 2.24) is 15.1 Å². The van der Waals surface area contributed by atoms with Crippen LogP contribution in [0.25, 0.3) is 0 Å². The molecule has 0 spiro atoms. The van der Waals surface area contributed by atoms with Gasteiger partial charge in [0.05, 0.1) is 25.8 Å². The van der Waals surface area contributed by atoms with E-state index in [4.69, 9.17) is 10.5 Å². The Morgan fingerprint density at radius 2 is 1.80 bits per heavy atom. The van der Waals surface area contributed by atoms with E-state index in [0.717, 1.165) is 44.7 Å². The summed E-state index contributed by atoms with van der Waals surface area (Å²) < 4.78 is 5.55. The van der Waals surface area contributed by atoms with Gasteiger partial charge >= 0.3 is 0 Å². The summed E-state index contributed by atoms with van der Waals surface area (Å²) in [6, 6.07) is 7.64. The topological polar surface area (TPSA) is 87.9 Å². The van der Waals surface area contributed by atoms with Crippen LogP contribution in [-0.4, -0.2) is 72.6 Å². The van der Waals surface area contributed by atoms with E-state index in [9.17, 15) is 9.59 Å². The smallest absolute Gasteiger partial charge is 0.235 e. The maximum atomic E-state index is 12.9. The van der Waals surface area contributed by atoms with Gasteiger partial charge in [-0.15, -0.1) is 0 Å². The van der Waals surface area contributed by atoms with Crippen LogP contribution in [0.3, 0.4) is 0 Å². The number of rotatable bonds is 6. The van der Waals surface area contributed by atoms with E-state index in [-0.39, 0.29) is 23.9 Å². The molecule has 164 valence electrons. The molecule has 1 atom stereocenters. The molecule has 4 rings (SSSR count). The van der Waals surface area contributed by atoms with Crippen LogP contribution in [0.2, 0.25) is 0 Å². The fourth-order valence-corrected chi connectivity index (χ4v) is 5.38. The van der Waals surface area contributed by atoms with Crippen molar-refractivity contribution in [2.45, 2.75) is 56.7 Å². The highest BCUT2D eigenvalue weighted by Gasteiger charge is 2.39. The summed E-state index contributed by atoms with van der Waals surface area (Å²) in [5.74, 6) is -0.395. The van der Waals surface area contributed by atoms with Crippen molar-refractivity contribution < 1.29 is 14.3 Å². The Morgan fingerprint density at radius 3 is 2.50 bits per heavy atom. The normalized spacial score (nSPS) is 24.7. The van der Waals surface area contributed by atoms with Crippen molar-refractivity contribution in [3.8, 4) is 0 Å². The van der Waals surface area contributed by atoms with E-state index in [1.54, 1.807) is 0 Å². The first-order valence-electron chi connectivity index (χ1n) is 11.3. The SMILES string of the molecule is NC(=O)C1Cc2ccccc2CN1CC(=O)NCC1(N2CCOCC2)CCCCC1. The molecular weight excluding hydrogens is 380 g/mol. The number of benzene rings is 1. The van der Waals surface area contributed by atoms with Gasteiger partial charge in [0.25, 0.3) is 0 Å². The van der Waals surface area contributed by atoms with Crippen molar-refractivity contribution in [2.24, 2.45) is 5.73 Å². The lowest BCUT2D eigenvalue weighted by Gasteiger charge is -2.48. The molecule has 1 aromatic rings. The molecule has 1 saturated heterocycles. The molecule has 30 heavy (non-hydrogen) atoms. The minimum absolute atomic E-state index is 0.0289. The second-order valence-corrected chi connectivity index (χ2v) is 8.96. The van der Waals surface area contributed by atoms with E-state index in [1.807, 2.05) is 23.1 Å². The Kier molecular flexibility index (Phi) is 6.71. The molecule has 2 fully saturated rings. The summed E-state index contributed by atoms with van der Waals surface area (Å²) in [5.41, 5.74) is 8.02. The van der Waals surface area contributed by atoms with Gasteiger partial charge in [0.15, 0.2) is 0 Å². The number of ether oxygens (including phenoxy) is 1. The highest BCUT2D eigenvalue weighted by molar-refractivity contribution is 5.83. The summed E-state index contributed by atoms with van der Waals surface area (Å²) in [6.07, 6.45) is 6.49. The largest absolute Gasteiger partial charge is 0.379 e. The third-order valence-corrected chi connectivity index (χ3v) is 7.10. The first kappa shape index (κ1) is 21.3. The van der Waals surface area contributed by atoms with Crippen LogP contribution in [0, 0.1) is 0 Å². The zero-order valence-electron chi connectivity index (χ0n) is 17.8. The second-order valence-electron chi connectivity index (χ2n) is 8.96. The standard InChI is InChI=1S/C23H34N4O3/c24-22(29)20-14-18-6-2-3-7-19(18)15-26(20)16-21(28)25-17-23(8-4-1-5-9-23)27-10-12-30-13-11-27/h2-3,6-7,20H,1,4-5,8-17H2,(H2,24,29)(H,25,28). The van der Waals surface area contributed by atoms with Gasteiger partial charge in [0.2, 0.25) is 11.8 Å². The number of nitrogens with one attached hydrogen (secondary N) is 1. The summed E-state index contributed by atoms with van der Waals surface area (Å²) in [4.78, 5) is 29.4. The van der Waals surface area contributed by atoms with Gasteiger partial charge in [-0.1, -0.05) is 43.5 Å². The molecule has 3 aliphatic rings. The van der Waals surface area contributed by atoms with Crippen LogP contribution >= 0.6 is 0 Å². The summed E-state index contributed by atoms with van der Waals surface area (Å²) >= 11 is 0. The van der Waals surface area contributed by atoms with Crippen LogP contribution in [0.15, 0.2) is 24.3 Å². The van der Waals surface area contributed by atoms with Crippen molar-refractivity contribution >= 4 is 11.8 Å². The molecule has 2 heterocycles. The Bertz CT molecular complexity index is 757. The lowest BCUT2D eigenvalue weighted by atomic mass is 9.79. The predicted molar refractivity (Wildman–Crippen MR) is 115 cm³/mol. The Hall–Kier alpha value is -1.96. The number of nitrogens with two attached hydrogens (primary N) is 1. The zero-order valence-corrected chi connectivity index (χ0v) is 17.8. The number of hydrogen-bond donors (Lipinski definition) is 2. The zero-order chi connectivity index (χ0) is 21.0. The highest BCUT2D eigenvalue weighted by Crippen LogP contribution is 2.34. The van der Waals surface area contributed by atoms with Gasteiger partial charge in [-0.05, 0) is 30.4 Å². The molecule has 0 radical (unpaired) electrons. The van der Waals surface area contributed by atoms with Gasteiger partial charge in [-0.3, -0.25) is 19.4 Å². The molecular formula is C23H34N4O3. The first-order valence-corrected chi connectivity index (χ1v) is 11.3. The Labute approximate surface area is 178 Å². The van der Waals surface area contributed by atoms with Crippen LogP contribution in [0.1, 0.15) is 43.2 Å². The number of primary amides is 1. The molecule has 1 unspecified atom stereocenters. The van der Waals surface area contributed by atoms with Crippen molar-refractivity contribution in [3.63, 3.8) is 0 Å². The van der Waals surface area contributed by atoms with Crippen molar-refractivity contribution in [1.29, 1.82) is 0 Å². The number of hydrogen-bond acceptors (Lipinski definition) is 5. The number of carbonyl (C=O) groups excluding carboxylic acids is 2. The highest BCUT2D eigenvalue weighted by atomic mass is 16.5. The maximum Gasteiger partial charge on any atom is 0.235 e. The minimum Gasteiger partial charge on any atom is -0.379 e. The number of carbonyl (C=O) groups is 2. The molecule has 7 heteroatoms. The summed E-state index contributed by atoms with van der Waals surface area (Å²) in [5, 5.41) is 3.21. The van der Waals surface area contributed by atoms with Crippen LogP contribution in [0.4, 0.5) is 0 Å². The van der Waals surface area contributed by atoms with E-state index in [2.05, 4.69) is 16.3 Å². The quantitative estimate of drug-likeness (QED) is 0.727. The number of nitrogens with zero attached hydrogens (tertiary/aromatic N) is 2. The molecule has 3 N–H and O–H groups in total. The van der Waals surface area contributed by atoms with E-state index >= 15 is 0 Å². The van der Waals surface area contributed by atoms with Gasteiger partial charge in [0, 0.05) is 31.7 Å². The average Bonchev–Trinajstić information content (AvgIpc) is 2.78. The Morgan fingerprint density at radius 1 is 1.10 bits per heavy atom. The fourth-order valence-electron chi connectivity index (χ4n) is 5.38. The van der Waals surface area contributed by atoms with Crippen molar-refractivity contribution in [3.05, 3.63) is 35.4 Å². The summed E-state index contributed by atoms with van der Waals surface area (Å²) in [6.45, 7) is 4.84. The molecule has 0 bridgehead atoms. The predicted octanol–water partition coefficient (Wildman–Crippen LogP) is 1.05. The Balaban J connectivity index is 1.39. The average molecular weight is 415 g/mol. The maximum absolute atomic E-state index is 12.9.